The number of nitrogens with zero attached hydrogens (tertiary/aromatic N) is 3. The third-order valence-electron chi connectivity index (χ3n) is 7.84. The average molecular weight is 510 g/mol. The zero-order valence-electron chi connectivity index (χ0n) is 20.3. The molecule has 36 heavy (non-hydrogen) atoms. The molecule has 6 rings (SSSR count). The molecule has 1 spiro atoms. The number of aliphatic hydroxyl groups excluding tert-OH is 1. The predicted molar refractivity (Wildman–Crippen MR) is 138 cm³/mol. The highest BCUT2D eigenvalue weighted by molar-refractivity contribution is 7.88. The second-order valence-corrected chi connectivity index (χ2v) is 12.2. The number of rotatable bonds is 5. The first-order chi connectivity index (χ1) is 17.3. The van der Waals surface area contributed by atoms with Crippen LogP contribution in [0.15, 0.2) is 64.2 Å². The summed E-state index contributed by atoms with van der Waals surface area (Å²) in [6.07, 6.45) is 4.30. The van der Waals surface area contributed by atoms with E-state index in [0.29, 0.717) is 45.7 Å². The van der Waals surface area contributed by atoms with Gasteiger partial charge in [0.25, 0.3) is 0 Å². The summed E-state index contributed by atoms with van der Waals surface area (Å²) in [5, 5.41) is 12.6. The summed E-state index contributed by atoms with van der Waals surface area (Å²) in [5.41, 5.74) is 3.42. The van der Waals surface area contributed by atoms with Gasteiger partial charge in [0.2, 0.25) is 10.0 Å². The van der Waals surface area contributed by atoms with Crippen LogP contribution in [0.5, 0.6) is 0 Å². The first-order valence-electron chi connectivity index (χ1n) is 12.5. The van der Waals surface area contributed by atoms with E-state index in [1.165, 1.54) is 10.6 Å². The van der Waals surface area contributed by atoms with Crippen LogP contribution in [0.1, 0.15) is 24.8 Å². The molecule has 0 aliphatic carbocycles. The number of amidine groups is 1. The Kier molecular flexibility index (Phi) is 5.91. The topological polar surface area (TPSA) is 95.6 Å². The highest BCUT2D eigenvalue weighted by atomic mass is 32.2. The summed E-state index contributed by atoms with van der Waals surface area (Å²) in [7, 11) is -3.22. The molecule has 190 valence electrons. The van der Waals surface area contributed by atoms with Gasteiger partial charge in [-0.3, -0.25) is 4.99 Å². The minimum absolute atomic E-state index is 0.135. The zero-order chi connectivity index (χ0) is 24.9. The Hall–Kier alpha value is -2.72. The van der Waals surface area contributed by atoms with Gasteiger partial charge in [-0.15, -0.1) is 0 Å². The van der Waals surface area contributed by atoms with Gasteiger partial charge in [-0.2, -0.15) is 0 Å². The summed E-state index contributed by atoms with van der Waals surface area (Å²) < 4.78 is 36.6. The molecular formula is C27H31N3O5S. The van der Waals surface area contributed by atoms with Crippen LogP contribution in [0, 0.1) is 5.92 Å². The van der Waals surface area contributed by atoms with Gasteiger partial charge in [0.05, 0.1) is 12.5 Å². The zero-order valence-corrected chi connectivity index (χ0v) is 21.2. The minimum atomic E-state index is -3.22. The number of benzene rings is 2. The molecule has 2 atom stereocenters. The van der Waals surface area contributed by atoms with E-state index in [1.807, 2.05) is 17.0 Å². The second kappa shape index (κ2) is 8.99. The molecule has 4 heterocycles. The lowest BCUT2D eigenvalue weighted by molar-refractivity contribution is -0.0499. The number of sulfonamides is 1. The number of fused-ring (bicyclic) bond motifs is 1. The fourth-order valence-corrected chi connectivity index (χ4v) is 6.65. The first kappa shape index (κ1) is 23.7. The van der Waals surface area contributed by atoms with E-state index < -0.39 is 21.8 Å². The smallest absolute Gasteiger partial charge is 0.211 e. The molecule has 3 aliphatic rings. The van der Waals surface area contributed by atoms with Crippen molar-refractivity contribution >= 4 is 26.8 Å². The highest BCUT2D eigenvalue weighted by Crippen LogP contribution is 2.39. The Balaban J connectivity index is 1.29. The van der Waals surface area contributed by atoms with Crippen LogP contribution in [0.2, 0.25) is 0 Å². The number of hydrogen-bond acceptors (Lipinski definition) is 7. The van der Waals surface area contributed by atoms with Gasteiger partial charge in [-0.1, -0.05) is 30.3 Å². The molecule has 3 aliphatic heterocycles. The van der Waals surface area contributed by atoms with Crippen LogP contribution in [0.25, 0.3) is 22.1 Å². The fourth-order valence-electron chi connectivity index (χ4n) is 5.73. The predicted octanol–water partition coefficient (Wildman–Crippen LogP) is 3.31. The minimum Gasteiger partial charge on any atom is -0.464 e. The standard InChI is InChI=1S/C27H31N3O5S/c1-36(32,33)29-12-8-19(17-29)18-30-25(28-27(26(30)31)10-14-34-15-11-27)21-4-2-20(3-5-21)22-6-7-24-23(16-22)9-13-35-24/h2-7,9,13,16,19,26,31H,8,10-12,14-15,17-18H2,1H3/t19-,26?/m1/s1. The van der Waals surface area contributed by atoms with Crippen LogP contribution in [-0.4, -0.2) is 79.4 Å². The Bertz CT molecular complexity index is 1390. The van der Waals surface area contributed by atoms with E-state index in [1.54, 1.807) is 6.26 Å². The largest absolute Gasteiger partial charge is 0.464 e. The third-order valence-corrected chi connectivity index (χ3v) is 9.11. The molecule has 1 unspecified atom stereocenters. The third kappa shape index (κ3) is 4.24. The van der Waals surface area contributed by atoms with Crippen molar-refractivity contribution < 1.29 is 22.7 Å². The molecule has 0 amide bonds. The van der Waals surface area contributed by atoms with Crippen molar-refractivity contribution in [3.8, 4) is 11.1 Å². The van der Waals surface area contributed by atoms with Crippen molar-refractivity contribution in [3.63, 3.8) is 0 Å². The van der Waals surface area contributed by atoms with Crippen molar-refractivity contribution in [1.82, 2.24) is 9.21 Å². The summed E-state index contributed by atoms with van der Waals surface area (Å²) in [6.45, 7) is 2.70. The van der Waals surface area contributed by atoms with Gasteiger partial charge in [0.1, 0.15) is 17.0 Å². The maximum atomic E-state index is 12.0. The molecule has 0 bridgehead atoms. The van der Waals surface area contributed by atoms with Crippen LogP contribution < -0.4 is 0 Å². The molecule has 9 heteroatoms. The summed E-state index contributed by atoms with van der Waals surface area (Å²) in [4.78, 5) is 7.12. The van der Waals surface area contributed by atoms with Crippen molar-refractivity contribution in [3.05, 3.63) is 60.4 Å². The van der Waals surface area contributed by atoms with Crippen molar-refractivity contribution in [2.75, 3.05) is 39.1 Å². The molecule has 2 fully saturated rings. The summed E-state index contributed by atoms with van der Waals surface area (Å²) >= 11 is 0. The van der Waals surface area contributed by atoms with E-state index in [4.69, 9.17) is 14.1 Å². The Morgan fingerprint density at radius 2 is 1.78 bits per heavy atom. The maximum Gasteiger partial charge on any atom is 0.211 e. The lowest BCUT2D eigenvalue weighted by Crippen LogP contribution is -2.51. The number of furan rings is 1. The molecule has 0 saturated carbocycles. The van der Waals surface area contributed by atoms with Crippen LogP contribution >= 0.6 is 0 Å². The molecule has 2 saturated heterocycles. The Labute approximate surface area is 211 Å². The number of hydrogen-bond donors (Lipinski definition) is 1. The number of ether oxygens (including phenoxy) is 1. The van der Waals surface area contributed by atoms with E-state index in [9.17, 15) is 13.5 Å². The summed E-state index contributed by atoms with van der Waals surface area (Å²) in [5.74, 6) is 0.912. The van der Waals surface area contributed by atoms with Crippen molar-refractivity contribution in [1.29, 1.82) is 0 Å². The van der Waals surface area contributed by atoms with Crippen molar-refractivity contribution in [2.24, 2.45) is 10.9 Å². The van der Waals surface area contributed by atoms with Crippen LogP contribution in [0.3, 0.4) is 0 Å². The van der Waals surface area contributed by atoms with Gasteiger partial charge in [0, 0.05) is 56.6 Å². The van der Waals surface area contributed by atoms with Gasteiger partial charge in [-0.25, -0.2) is 12.7 Å². The maximum absolute atomic E-state index is 12.0. The summed E-state index contributed by atoms with van der Waals surface area (Å²) in [6, 6.07) is 16.4. The number of aliphatic imine (C=N–C) groups is 1. The van der Waals surface area contributed by atoms with Gasteiger partial charge in [0.15, 0.2) is 6.23 Å². The molecule has 2 aromatic carbocycles. The first-order valence-corrected chi connectivity index (χ1v) is 14.3. The molecule has 8 nitrogen and oxygen atoms in total. The second-order valence-electron chi connectivity index (χ2n) is 10.2. The highest BCUT2D eigenvalue weighted by Gasteiger charge is 2.49. The Morgan fingerprint density at radius 3 is 2.50 bits per heavy atom. The molecule has 1 N–H and O–H groups in total. The molecule has 3 aromatic rings. The van der Waals surface area contributed by atoms with Gasteiger partial charge >= 0.3 is 0 Å². The van der Waals surface area contributed by atoms with Crippen LogP contribution in [0.4, 0.5) is 0 Å². The van der Waals surface area contributed by atoms with Crippen LogP contribution in [-0.2, 0) is 14.8 Å². The molecule has 0 radical (unpaired) electrons. The monoisotopic (exact) mass is 509 g/mol. The number of aliphatic hydroxyl groups is 1. The SMILES string of the molecule is CS(=O)(=O)N1CC[C@@H](CN2C(c3ccc(-c4ccc5occc5c4)cc3)=NC3(CCOCC3)C2O)C1. The normalized spacial score (nSPS) is 24.6. The lowest BCUT2D eigenvalue weighted by atomic mass is 9.89. The van der Waals surface area contributed by atoms with E-state index >= 15 is 0 Å². The molecule has 1 aromatic heterocycles. The average Bonchev–Trinajstić information content (AvgIpc) is 3.60. The fraction of sp³-hybridized carbons (Fsp3) is 0.444. The molecular weight excluding hydrogens is 478 g/mol. The van der Waals surface area contributed by atoms with E-state index in [2.05, 4.69) is 36.4 Å². The van der Waals surface area contributed by atoms with E-state index in [-0.39, 0.29) is 5.92 Å². The van der Waals surface area contributed by atoms with Gasteiger partial charge in [-0.05, 0) is 41.7 Å². The van der Waals surface area contributed by atoms with Gasteiger partial charge < -0.3 is 19.2 Å². The van der Waals surface area contributed by atoms with E-state index in [0.717, 1.165) is 39.9 Å². The van der Waals surface area contributed by atoms with Crippen molar-refractivity contribution in [2.45, 2.75) is 31.0 Å². The lowest BCUT2D eigenvalue weighted by Gasteiger charge is -2.37. The quantitative estimate of drug-likeness (QED) is 0.567. The Morgan fingerprint density at radius 1 is 1.06 bits per heavy atom.